The van der Waals surface area contributed by atoms with Crippen LogP contribution in [0.25, 0.3) is 22.4 Å². The summed E-state index contributed by atoms with van der Waals surface area (Å²) in [6, 6.07) is 9.93. The highest BCUT2D eigenvalue weighted by atomic mass is 32.2. The third-order valence-electron chi connectivity index (χ3n) is 4.46. The molecule has 1 heterocycles. The Morgan fingerprint density at radius 2 is 1.66 bits per heavy atom. The minimum Gasteiger partial charge on any atom is -0.496 e. The van der Waals surface area contributed by atoms with Crippen LogP contribution in [0.4, 0.5) is 13.2 Å². The number of ether oxygens (including phenoxy) is 1. The van der Waals surface area contributed by atoms with E-state index < -0.39 is 21.9 Å². The minimum absolute atomic E-state index is 0.0744. The van der Waals surface area contributed by atoms with E-state index in [0.29, 0.717) is 22.4 Å². The molecule has 29 heavy (non-hydrogen) atoms. The average molecular weight is 425 g/mol. The molecule has 0 bridgehead atoms. The zero-order valence-corrected chi connectivity index (χ0v) is 16.6. The largest absolute Gasteiger partial charge is 0.496 e. The van der Waals surface area contributed by atoms with Gasteiger partial charge in [0.15, 0.2) is 5.69 Å². The van der Waals surface area contributed by atoms with Gasteiger partial charge in [-0.05, 0) is 42.3 Å². The van der Waals surface area contributed by atoms with Gasteiger partial charge in [-0.3, -0.25) is 4.68 Å². The molecule has 0 spiro atoms. The fourth-order valence-corrected chi connectivity index (χ4v) is 3.68. The molecule has 154 valence electrons. The van der Waals surface area contributed by atoms with Gasteiger partial charge in [0.1, 0.15) is 11.4 Å². The van der Waals surface area contributed by atoms with E-state index in [0.717, 1.165) is 4.68 Å². The van der Waals surface area contributed by atoms with Gasteiger partial charge in [-0.2, -0.15) is 18.3 Å². The molecule has 0 fully saturated rings. The number of aromatic nitrogens is 2. The molecule has 0 radical (unpaired) electrons. The van der Waals surface area contributed by atoms with Crippen molar-refractivity contribution in [2.45, 2.75) is 18.0 Å². The number of sulfonamides is 1. The van der Waals surface area contributed by atoms with Gasteiger partial charge in [0.05, 0.1) is 12.0 Å². The number of aryl methyl sites for hydroxylation is 2. The van der Waals surface area contributed by atoms with E-state index in [4.69, 9.17) is 9.88 Å². The zero-order valence-electron chi connectivity index (χ0n) is 15.8. The number of benzene rings is 2. The highest BCUT2D eigenvalue weighted by molar-refractivity contribution is 7.89. The van der Waals surface area contributed by atoms with Crippen LogP contribution >= 0.6 is 0 Å². The summed E-state index contributed by atoms with van der Waals surface area (Å²) in [5.74, 6) is 0.547. The Morgan fingerprint density at radius 1 is 1.07 bits per heavy atom. The quantitative estimate of drug-likeness (QED) is 0.690. The molecular weight excluding hydrogens is 407 g/mol. The van der Waals surface area contributed by atoms with Crippen LogP contribution in [-0.4, -0.2) is 25.3 Å². The first kappa shape index (κ1) is 20.9. The van der Waals surface area contributed by atoms with Crippen LogP contribution in [0.15, 0.2) is 47.4 Å². The SMILES string of the molecule is COc1ccc(-c2c(-c3ccc(S(N)(=O)=O)cc3)nn(C)c2C(F)(F)F)cc1C. The van der Waals surface area contributed by atoms with Crippen molar-refractivity contribution in [3.8, 4) is 28.1 Å². The molecule has 0 amide bonds. The van der Waals surface area contributed by atoms with Crippen LogP contribution in [0.1, 0.15) is 11.3 Å². The van der Waals surface area contributed by atoms with E-state index in [1.54, 1.807) is 19.1 Å². The minimum atomic E-state index is -4.65. The first-order valence-corrected chi connectivity index (χ1v) is 9.90. The van der Waals surface area contributed by atoms with Gasteiger partial charge >= 0.3 is 6.18 Å². The normalized spacial score (nSPS) is 12.2. The van der Waals surface area contributed by atoms with Crippen molar-refractivity contribution in [2.24, 2.45) is 12.2 Å². The van der Waals surface area contributed by atoms with Gasteiger partial charge in [-0.25, -0.2) is 13.6 Å². The topological polar surface area (TPSA) is 87.2 Å². The maximum absolute atomic E-state index is 13.8. The number of hydrogen-bond acceptors (Lipinski definition) is 4. The molecule has 0 aliphatic heterocycles. The van der Waals surface area contributed by atoms with Crippen LogP contribution in [0, 0.1) is 6.92 Å². The Morgan fingerprint density at radius 3 is 2.14 bits per heavy atom. The molecule has 2 aromatic carbocycles. The van der Waals surface area contributed by atoms with E-state index in [-0.39, 0.29) is 16.2 Å². The second-order valence-corrected chi connectivity index (χ2v) is 8.01. The highest BCUT2D eigenvalue weighted by Crippen LogP contribution is 2.43. The molecule has 0 aliphatic rings. The molecule has 0 atom stereocenters. The number of nitrogens with zero attached hydrogens (tertiary/aromatic N) is 2. The monoisotopic (exact) mass is 425 g/mol. The molecule has 3 rings (SSSR count). The summed E-state index contributed by atoms with van der Waals surface area (Å²) < 4.78 is 70.3. The van der Waals surface area contributed by atoms with Crippen LogP contribution < -0.4 is 9.88 Å². The first-order chi connectivity index (χ1) is 13.4. The molecule has 3 aromatic rings. The molecular formula is C19H18F3N3O3S. The molecule has 0 aliphatic carbocycles. The van der Waals surface area contributed by atoms with Crippen LogP contribution in [0.3, 0.4) is 0 Å². The molecule has 0 unspecified atom stereocenters. The lowest BCUT2D eigenvalue weighted by molar-refractivity contribution is -0.143. The summed E-state index contributed by atoms with van der Waals surface area (Å²) in [6.45, 7) is 1.73. The van der Waals surface area contributed by atoms with E-state index in [1.165, 1.54) is 44.5 Å². The summed E-state index contributed by atoms with van der Waals surface area (Å²) in [5, 5.41) is 9.16. The lowest BCUT2D eigenvalue weighted by Crippen LogP contribution is -2.13. The van der Waals surface area contributed by atoms with E-state index >= 15 is 0 Å². The summed E-state index contributed by atoms with van der Waals surface area (Å²) >= 11 is 0. The van der Waals surface area contributed by atoms with Crippen LogP contribution in [0.5, 0.6) is 5.75 Å². The number of methoxy groups -OCH3 is 1. The van der Waals surface area contributed by atoms with Crippen LogP contribution in [0.2, 0.25) is 0 Å². The van der Waals surface area contributed by atoms with E-state index in [9.17, 15) is 21.6 Å². The first-order valence-electron chi connectivity index (χ1n) is 8.36. The highest BCUT2D eigenvalue weighted by Gasteiger charge is 2.40. The fourth-order valence-electron chi connectivity index (χ4n) is 3.16. The number of primary sulfonamides is 1. The van der Waals surface area contributed by atoms with E-state index in [2.05, 4.69) is 5.10 Å². The van der Waals surface area contributed by atoms with Crippen molar-refractivity contribution >= 4 is 10.0 Å². The second-order valence-electron chi connectivity index (χ2n) is 6.45. The van der Waals surface area contributed by atoms with Crippen molar-refractivity contribution in [2.75, 3.05) is 7.11 Å². The summed E-state index contributed by atoms with van der Waals surface area (Å²) in [6.07, 6.45) is -4.65. The molecule has 1 aromatic heterocycles. The van der Waals surface area contributed by atoms with Crippen molar-refractivity contribution in [3.05, 3.63) is 53.7 Å². The van der Waals surface area contributed by atoms with Crippen molar-refractivity contribution in [1.82, 2.24) is 9.78 Å². The molecule has 10 heteroatoms. The molecule has 0 saturated heterocycles. The molecule has 2 N–H and O–H groups in total. The van der Waals surface area contributed by atoms with Gasteiger partial charge in [0.25, 0.3) is 0 Å². The average Bonchev–Trinajstić information content (AvgIpc) is 2.98. The lowest BCUT2D eigenvalue weighted by Gasteiger charge is -2.13. The number of alkyl halides is 3. The number of hydrogen-bond donors (Lipinski definition) is 1. The second kappa shape index (κ2) is 7.20. The van der Waals surface area contributed by atoms with Crippen molar-refractivity contribution in [3.63, 3.8) is 0 Å². The Balaban J connectivity index is 2.27. The molecule has 6 nitrogen and oxygen atoms in total. The fraction of sp³-hybridized carbons (Fsp3) is 0.211. The maximum atomic E-state index is 13.8. The Labute approximate surface area is 165 Å². The molecule has 0 saturated carbocycles. The van der Waals surface area contributed by atoms with E-state index in [1.807, 2.05) is 0 Å². The summed E-state index contributed by atoms with van der Waals surface area (Å²) in [4.78, 5) is -0.143. The van der Waals surface area contributed by atoms with Crippen molar-refractivity contribution in [1.29, 1.82) is 0 Å². The number of rotatable bonds is 4. The zero-order chi connectivity index (χ0) is 21.6. The summed E-state index contributed by atoms with van der Waals surface area (Å²) in [7, 11) is -1.23. The van der Waals surface area contributed by atoms with Crippen molar-refractivity contribution < 1.29 is 26.3 Å². The van der Waals surface area contributed by atoms with Gasteiger partial charge in [0, 0.05) is 18.2 Å². The Bertz CT molecular complexity index is 1170. The Kier molecular flexibility index (Phi) is 5.18. The van der Waals surface area contributed by atoms with Crippen LogP contribution in [-0.2, 0) is 23.2 Å². The predicted molar refractivity (Wildman–Crippen MR) is 102 cm³/mol. The number of nitrogens with two attached hydrogens (primary N) is 1. The Hall–Kier alpha value is -2.85. The van der Waals surface area contributed by atoms with Gasteiger partial charge < -0.3 is 4.74 Å². The van der Waals surface area contributed by atoms with Gasteiger partial charge in [-0.15, -0.1) is 0 Å². The number of halogens is 3. The van der Waals surface area contributed by atoms with Gasteiger partial charge in [0.2, 0.25) is 10.0 Å². The van der Waals surface area contributed by atoms with Gasteiger partial charge in [-0.1, -0.05) is 18.2 Å². The smallest absolute Gasteiger partial charge is 0.433 e. The third-order valence-corrected chi connectivity index (χ3v) is 5.38. The third kappa shape index (κ3) is 3.99. The summed E-state index contributed by atoms with van der Waals surface area (Å²) in [5.41, 5.74) is 0.366. The lowest BCUT2D eigenvalue weighted by atomic mass is 9.97. The standard InChI is InChI=1S/C19H18F3N3O3S/c1-11-10-13(6-9-15(11)28-3)16-17(24-25(2)18(16)19(20,21)22)12-4-7-14(8-5-12)29(23,26)27/h4-10H,1-3H3,(H2,23,26,27). The predicted octanol–water partition coefficient (Wildman–Crippen LogP) is 3.74. The maximum Gasteiger partial charge on any atom is 0.433 e.